The molecule has 1 aliphatic heterocycles. The molecule has 9 heteroatoms. The number of pyridine rings is 1. The summed E-state index contributed by atoms with van der Waals surface area (Å²) in [5, 5.41) is 6.87. The second-order valence-corrected chi connectivity index (χ2v) is 12.4. The van der Waals surface area contributed by atoms with Crippen LogP contribution in [-0.2, 0) is 22.5 Å². The van der Waals surface area contributed by atoms with Crippen molar-refractivity contribution in [1.29, 1.82) is 0 Å². The van der Waals surface area contributed by atoms with E-state index in [1.165, 1.54) is 16.7 Å². The number of aryl methyl sites for hydroxylation is 2. The van der Waals surface area contributed by atoms with Gasteiger partial charge in [-0.1, -0.05) is 38.8 Å². The number of rotatable bonds is 5. The van der Waals surface area contributed by atoms with Crippen molar-refractivity contribution in [1.82, 2.24) is 9.88 Å². The van der Waals surface area contributed by atoms with Gasteiger partial charge in [0.15, 0.2) is 6.61 Å². The molecule has 0 saturated carbocycles. The third-order valence-electron chi connectivity index (χ3n) is 7.05. The van der Waals surface area contributed by atoms with Crippen LogP contribution in [0.2, 0.25) is 5.02 Å². The molecule has 0 N–H and O–H groups in total. The maximum Gasteiger partial charge on any atom is 0.263 e. The van der Waals surface area contributed by atoms with Crippen LogP contribution in [0.5, 0.6) is 0 Å². The summed E-state index contributed by atoms with van der Waals surface area (Å²) in [6, 6.07) is 10.3. The summed E-state index contributed by atoms with van der Waals surface area (Å²) in [5.41, 5.74) is 5.77. The first-order valence-electron chi connectivity index (χ1n) is 12.0. The van der Waals surface area contributed by atoms with Crippen LogP contribution in [0.25, 0.3) is 0 Å². The van der Waals surface area contributed by atoms with Gasteiger partial charge in [-0.05, 0) is 101 Å². The molecule has 1 atom stereocenters. The maximum atomic E-state index is 12.8. The van der Waals surface area contributed by atoms with E-state index in [2.05, 4.69) is 49.1 Å². The molecular formula is C27H26Br2ClN3O2S. The SMILES string of the molecule is C/C(=N\OCC(=O)N1CCC([C@H]2c3ncc(Br)cc3CCc3cc(Cl)cc(Br)c32)CC1)c1cccs1. The lowest BCUT2D eigenvalue weighted by Gasteiger charge is -2.37. The van der Waals surface area contributed by atoms with Crippen molar-refractivity contribution in [2.45, 2.75) is 38.5 Å². The number of fused-ring (bicyclic) bond motifs is 2. The molecule has 2 aromatic heterocycles. The summed E-state index contributed by atoms with van der Waals surface area (Å²) < 4.78 is 2.04. The zero-order valence-electron chi connectivity index (χ0n) is 19.8. The minimum Gasteiger partial charge on any atom is -0.385 e. The Bertz CT molecular complexity index is 1290. The maximum absolute atomic E-state index is 12.8. The zero-order chi connectivity index (χ0) is 25.2. The van der Waals surface area contributed by atoms with Crippen molar-refractivity contribution < 1.29 is 9.63 Å². The van der Waals surface area contributed by atoms with Gasteiger partial charge >= 0.3 is 0 Å². The van der Waals surface area contributed by atoms with E-state index in [9.17, 15) is 4.79 Å². The molecule has 1 aliphatic carbocycles. The third kappa shape index (κ3) is 5.57. The predicted molar refractivity (Wildman–Crippen MR) is 152 cm³/mol. The highest BCUT2D eigenvalue weighted by molar-refractivity contribution is 9.10. The average molecular weight is 652 g/mol. The van der Waals surface area contributed by atoms with Gasteiger partial charge in [0, 0.05) is 39.2 Å². The molecule has 5 nitrogen and oxygen atoms in total. The summed E-state index contributed by atoms with van der Waals surface area (Å²) >= 11 is 15.4. The number of benzene rings is 1. The molecule has 0 bridgehead atoms. The summed E-state index contributed by atoms with van der Waals surface area (Å²) in [5.74, 6) is 0.507. The Balaban J connectivity index is 1.31. The quantitative estimate of drug-likeness (QED) is 0.216. The first-order chi connectivity index (χ1) is 17.4. The highest BCUT2D eigenvalue weighted by Gasteiger charge is 2.36. The van der Waals surface area contributed by atoms with Crippen LogP contribution >= 0.6 is 54.8 Å². The minimum absolute atomic E-state index is 0.0205. The fourth-order valence-electron chi connectivity index (χ4n) is 5.32. The van der Waals surface area contributed by atoms with Crippen LogP contribution in [0, 0.1) is 5.92 Å². The lowest BCUT2D eigenvalue weighted by atomic mass is 9.76. The molecule has 3 aromatic rings. The first-order valence-corrected chi connectivity index (χ1v) is 14.9. The van der Waals surface area contributed by atoms with E-state index in [0.717, 1.165) is 55.9 Å². The molecule has 1 aromatic carbocycles. The number of thiophene rings is 1. The second kappa shape index (κ2) is 11.3. The number of nitrogens with zero attached hydrogens (tertiary/aromatic N) is 3. The molecule has 1 amide bonds. The van der Waals surface area contributed by atoms with Crippen LogP contribution in [-0.4, -0.2) is 41.2 Å². The Hall–Kier alpha value is -1.74. The second-order valence-electron chi connectivity index (χ2n) is 9.28. The van der Waals surface area contributed by atoms with E-state index < -0.39 is 0 Å². The standard InChI is InChI=1S/C27H26Br2ClN3O2S/c1-16(23-3-2-10-36-23)32-35-15-24(34)33-8-6-17(7-9-33)26-25-18(12-21(30)13-22(25)29)4-5-19-11-20(28)14-31-27(19)26/h2-3,10-14,17,26H,4-9,15H2,1H3/b32-16+/t26-/m1/s1. The Morgan fingerprint density at radius 2 is 2.00 bits per heavy atom. The highest BCUT2D eigenvalue weighted by atomic mass is 79.9. The minimum atomic E-state index is -0.0396. The lowest BCUT2D eigenvalue weighted by molar-refractivity contribution is -0.137. The van der Waals surface area contributed by atoms with Crippen LogP contribution in [0.1, 0.15) is 52.9 Å². The number of hydrogen-bond donors (Lipinski definition) is 0. The number of amides is 1. The van der Waals surface area contributed by atoms with E-state index >= 15 is 0 Å². The number of carbonyl (C=O) groups excluding carboxylic acids is 1. The Kier molecular flexibility index (Phi) is 8.15. The van der Waals surface area contributed by atoms with Gasteiger partial charge in [-0.2, -0.15) is 0 Å². The molecule has 188 valence electrons. The smallest absolute Gasteiger partial charge is 0.263 e. The fourth-order valence-corrected chi connectivity index (χ4v) is 7.49. The normalized spacial score (nSPS) is 18.4. The number of oxime groups is 1. The van der Waals surface area contributed by atoms with Gasteiger partial charge in [0.1, 0.15) is 0 Å². The van der Waals surface area contributed by atoms with E-state index in [1.807, 2.05) is 41.6 Å². The molecule has 1 saturated heterocycles. The molecule has 0 spiro atoms. The van der Waals surface area contributed by atoms with Crippen LogP contribution < -0.4 is 0 Å². The monoisotopic (exact) mass is 649 g/mol. The molecule has 1 fully saturated rings. The number of halogens is 3. The molecular weight excluding hydrogens is 626 g/mol. The van der Waals surface area contributed by atoms with Crippen molar-refractivity contribution in [3.63, 3.8) is 0 Å². The Morgan fingerprint density at radius 3 is 2.75 bits per heavy atom. The van der Waals surface area contributed by atoms with E-state index in [1.54, 1.807) is 11.3 Å². The molecule has 3 heterocycles. The highest BCUT2D eigenvalue weighted by Crippen LogP contribution is 2.46. The lowest BCUT2D eigenvalue weighted by Crippen LogP contribution is -2.41. The van der Waals surface area contributed by atoms with Crippen molar-refractivity contribution in [3.8, 4) is 0 Å². The van der Waals surface area contributed by atoms with Crippen molar-refractivity contribution in [2.24, 2.45) is 11.1 Å². The number of hydrogen-bond acceptors (Lipinski definition) is 5. The van der Waals surface area contributed by atoms with E-state index in [-0.39, 0.29) is 18.4 Å². The number of carbonyl (C=O) groups is 1. The predicted octanol–water partition coefficient (Wildman–Crippen LogP) is 7.23. The van der Waals surface area contributed by atoms with Crippen molar-refractivity contribution in [2.75, 3.05) is 19.7 Å². The van der Waals surface area contributed by atoms with Gasteiger partial charge in [0.2, 0.25) is 0 Å². The molecule has 36 heavy (non-hydrogen) atoms. The van der Waals surface area contributed by atoms with Crippen molar-refractivity contribution >= 4 is 66.4 Å². The summed E-state index contributed by atoms with van der Waals surface area (Å²) in [6.07, 6.45) is 5.56. The average Bonchev–Trinajstić information content (AvgIpc) is 3.35. The van der Waals surface area contributed by atoms with Gasteiger partial charge in [0.05, 0.1) is 16.3 Å². The third-order valence-corrected chi connectivity index (χ3v) is 9.33. The fraction of sp³-hybridized carbons (Fsp3) is 0.370. The summed E-state index contributed by atoms with van der Waals surface area (Å²) in [4.78, 5) is 26.1. The van der Waals surface area contributed by atoms with E-state index in [0.29, 0.717) is 19.0 Å². The zero-order valence-corrected chi connectivity index (χ0v) is 24.6. The first kappa shape index (κ1) is 25.9. The Labute approximate surface area is 237 Å². The topological polar surface area (TPSA) is 54.8 Å². The summed E-state index contributed by atoms with van der Waals surface area (Å²) in [7, 11) is 0. The summed E-state index contributed by atoms with van der Waals surface area (Å²) in [6.45, 7) is 3.25. The number of piperidine rings is 1. The van der Waals surface area contributed by atoms with Gasteiger partial charge in [-0.25, -0.2) is 0 Å². The van der Waals surface area contributed by atoms with Crippen LogP contribution in [0.15, 0.2) is 56.0 Å². The van der Waals surface area contributed by atoms with Crippen LogP contribution in [0.4, 0.5) is 0 Å². The molecule has 0 unspecified atom stereocenters. The van der Waals surface area contributed by atoms with Crippen molar-refractivity contribution in [3.05, 3.63) is 83.1 Å². The molecule has 0 radical (unpaired) electrons. The molecule has 5 rings (SSSR count). The van der Waals surface area contributed by atoms with E-state index in [4.69, 9.17) is 21.4 Å². The molecule has 2 aliphatic rings. The number of aromatic nitrogens is 1. The van der Waals surface area contributed by atoms with Gasteiger partial charge in [-0.15, -0.1) is 11.3 Å². The van der Waals surface area contributed by atoms with Gasteiger partial charge < -0.3 is 9.74 Å². The number of likely N-dealkylation sites (tertiary alicyclic amines) is 1. The van der Waals surface area contributed by atoms with Crippen LogP contribution in [0.3, 0.4) is 0 Å². The van der Waals surface area contributed by atoms with Gasteiger partial charge in [-0.3, -0.25) is 9.78 Å². The largest absolute Gasteiger partial charge is 0.385 e. The van der Waals surface area contributed by atoms with Gasteiger partial charge in [0.25, 0.3) is 5.91 Å². The Morgan fingerprint density at radius 1 is 1.22 bits per heavy atom.